The summed E-state index contributed by atoms with van der Waals surface area (Å²) >= 11 is 0. The fourth-order valence-corrected chi connectivity index (χ4v) is 2.35. The molecular formula is C12H25N3. The molecule has 3 nitrogen and oxygen atoms in total. The van der Waals surface area contributed by atoms with Gasteiger partial charge in [0.2, 0.25) is 0 Å². The molecule has 0 aliphatic heterocycles. The van der Waals surface area contributed by atoms with Crippen molar-refractivity contribution in [3.63, 3.8) is 0 Å². The molecule has 3 heteroatoms. The number of hydrogen-bond donors (Lipinski definition) is 2. The van der Waals surface area contributed by atoms with E-state index in [4.69, 9.17) is 11.1 Å². The van der Waals surface area contributed by atoms with Gasteiger partial charge in [-0.1, -0.05) is 13.8 Å². The maximum Gasteiger partial charge on any atom is 0.0911 e. The van der Waals surface area contributed by atoms with Crippen molar-refractivity contribution in [3.8, 4) is 0 Å². The number of rotatable bonds is 8. The molecule has 0 radical (unpaired) electrons. The molecular weight excluding hydrogens is 186 g/mol. The molecule has 15 heavy (non-hydrogen) atoms. The molecule has 0 saturated heterocycles. The zero-order chi connectivity index (χ0) is 11.3. The van der Waals surface area contributed by atoms with E-state index in [1.54, 1.807) is 0 Å². The van der Waals surface area contributed by atoms with Crippen molar-refractivity contribution in [3.05, 3.63) is 0 Å². The summed E-state index contributed by atoms with van der Waals surface area (Å²) in [5, 5.41) is 7.40. The van der Waals surface area contributed by atoms with Crippen LogP contribution in [0.1, 0.15) is 46.0 Å². The Labute approximate surface area is 93.5 Å². The second kappa shape index (κ2) is 5.50. The molecule has 0 atom stereocenters. The second-order valence-electron chi connectivity index (χ2n) is 4.98. The lowest BCUT2D eigenvalue weighted by Gasteiger charge is -2.26. The van der Waals surface area contributed by atoms with Crippen LogP contribution in [0, 0.1) is 10.8 Å². The van der Waals surface area contributed by atoms with Crippen molar-refractivity contribution in [2.75, 3.05) is 19.6 Å². The molecule has 0 aromatic heterocycles. The Kier molecular flexibility index (Phi) is 4.58. The summed E-state index contributed by atoms with van der Waals surface area (Å²) in [5.41, 5.74) is 5.88. The van der Waals surface area contributed by atoms with E-state index in [-0.39, 0.29) is 0 Å². The van der Waals surface area contributed by atoms with Gasteiger partial charge in [0.15, 0.2) is 0 Å². The van der Waals surface area contributed by atoms with Crippen molar-refractivity contribution in [2.24, 2.45) is 11.1 Å². The van der Waals surface area contributed by atoms with E-state index in [0.29, 0.717) is 11.3 Å². The minimum atomic E-state index is 0.362. The highest BCUT2D eigenvalue weighted by molar-refractivity contribution is 5.78. The minimum Gasteiger partial charge on any atom is -0.388 e. The van der Waals surface area contributed by atoms with E-state index >= 15 is 0 Å². The van der Waals surface area contributed by atoms with E-state index in [2.05, 4.69) is 18.7 Å². The molecule has 0 spiro atoms. The highest BCUT2D eigenvalue weighted by Gasteiger charge is 2.43. The third-order valence-corrected chi connectivity index (χ3v) is 3.16. The zero-order valence-corrected chi connectivity index (χ0v) is 10.2. The van der Waals surface area contributed by atoms with Crippen LogP contribution >= 0.6 is 0 Å². The van der Waals surface area contributed by atoms with Crippen LogP contribution in [0.3, 0.4) is 0 Å². The Morgan fingerprint density at radius 2 is 1.80 bits per heavy atom. The maximum absolute atomic E-state index is 7.40. The molecule has 1 rings (SSSR count). The van der Waals surface area contributed by atoms with Gasteiger partial charge in [-0.2, -0.15) is 0 Å². The number of amidine groups is 1. The zero-order valence-electron chi connectivity index (χ0n) is 10.2. The van der Waals surface area contributed by atoms with Crippen molar-refractivity contribution in [1.82, 2.24) is 4.90 Å². The van der Waals surface area contributed by atoms with Gasteiger partial charge < -0.3 is 10.6 Å². The SMILES string of the molecule is CCCN(CCC)CC1(CC(=N)N)CC1. The fourth-order valence-electron chi connectivity index (χ4n) is 2.35. The van der Waals surface area contributed by atoms with E-state index < -0.39 is 0 Å². The molecule has 0 unspecified atom stereocenters. The molecule has 1 aliphatic carbocycles. The fraction of sp³-hybridized carbons (Fsp3) is 0.917. The van der Waals surface area contributed by atoms with E-state index in [0.717, 1.165) is 13.0 Å². The summed E-state index contributed by atoms with van der Waals surface area (Å²) in [5.74, 6) is 0.362. The first kappa shape index (κ1) is 12.5. The quantitative estimate of drug-likeness (QED) is 0.478. The van der Waals surface area contributed by atoms with Gasteiger partial charge in [-0.25, -0.2) is 0 Å². The lowest BCUT2D eigenvalue weighted by Crippen LogP contribution is -2.33. The van der Waals surface area contributed by atoms with Crippen molar-refractivity contribution < 1.29 is 0 Å². The van der Waals surface area contributed by atoms with Crippen molar-refractivity contribution in [2.45, 2.75) is 46.0 Å². The number of nitrogens with zero attached hydrogens (tertiary/aromatic N) is 1. The smallest absolute Gasteiger partial charge is 0.0911 e. The Morgan fingerprint density at radius 3 is 2.13 bits per heavy atom. The number of hydrogen-bond acceptors (Lipinski definition) is 2. The molecule has 1 saturated carbocycles. The monoisotopic (exact) mass is 211 g/mol. The average Bonchev–Trinajstić information content (AvgIpc) is 2.84. The van der Waals surface area contributed by atoms with Gasteiger partial charge in [0, 0.05) is 13.0 Å². The van der Waals surface area contributed by atoms with Crippen LogP contribution in [-0.4, -0.2) is 30.4 Å². The Balaban J connectivity index is 2.39. The Bertz CT molecular complexity index is 203. The Morgan fingerprint density at radius 1 is 1.27 bits per heavy atom. The van der Waals surface area contributed by atoms with Crippen LogP contribution in [0.15, 0.2) is 0 Å². The van der Waals surface area contributed by atoms with Gasteiger partial charge >= 0.3 is 0 Å². The van der Waals surface area contributed by atoms with Crippen LogP contribution in [-0.2, 0) is 0 Å². The van der Waals surface area contributed by atoms with Crippen LogP contribution in [0.25, 0.3) is 0 Å². The molecule has 3 N–H and O–H groups in total. The van der Waals surface area contributed by atoms with Crippen LogP contribution < -0.4 is 5.73 Å². The third kappa shape index (κ3) is 4.20. The van der Waals surface area contributed by atoms with E-state index in [1.807, 2.05) is 0 Å². The summed E-state index contributed by atoms with van der Waals surface area (Å²) in [7, 11) is 0. The number of nitrogens with two attached hydrogens (primary N) is 1. The molecule has 0 heterocycles. The summed E-state index contributed by atoms with van der Waals surface area (Å²) < 4.78 is 0. The first-order valence-corrected chi connectivity index (χ1v) is 6.17. The Hall–Kier alpha value is -0.570. The lowest BCUT2D eigenvalue weighted by atomic mass is 10.0. The predicted octanol–water partition coefficient (Wildman–Crippen LogP) is 2.21. The van der Waals surface area contributed by atoms with Crippen molar-refractivity contribution in [1.29, 1.82) is 5.41 Å². The molecule has 0 amide bonds. The van der Waals surface area contributed by atoms with Crippen LogP contribution in [0.5, 0.6) is 0 Å². The standard InChI is InChI=1S/C12H25N3/c1-3-7-15(8-4-2)10-12(5-6-12)9-11(13)14/h3-10H2,1-2H3,(H3,13,14). The van der Waals surface area contributed by atoms with Gasteiger partial charge in [0.25, 0.3) is 0 Å². The first-order valence-electron chi connectivity index (χ1n) is 6.17. The van der Waals surface area contributed by atoms with Crippen LogP contribution in [0.2, 0.25) is 0 Å². The minimum absolute atomic E-state index is 0.362. The molecule has 0 bridgehead atoms. The topological polar surface area (TPSA) is 53.1 Å². The van der Waals surface area contributed by atoms with Gasteiger partial charge in [-0.05, 0) is 44.2 Å². The number of nitrogens with one attached hydrogen (secondary N) is 1. The summed E-state index contributed by atoms with van der Waals surface area (Å²) in [6, 6.07) is 0. The predicted molar refractivity (Wildman–Crippen MR) is 65.2 cm³/mol. The molecule has 0 aromatic rings. The third-order valence-electron chi connectivity index (χ3n) is 3.16. The maximum atomic E-state index is 7.40. The molecule has 0 aromatic carbocycles. The molecule has 1 fully saturated rings. The van der Waals surface area contributed by atoms with Gasteiger partial charge in [-0.3, -0.25) is 5.41 Å². The highest BCUT2D eigenvalue weighted by Crippen LogP contribution is 2.49. The van der Waals surface area contributed by atoms with Gasteiger partial charge in [0.05, 0.1) is 5.84 Å². The summed E-state index contributed by atoms with van der Waals surface area (Å²) in [4.78, 5) is 2.54. The van der Waals surface area contributed by atoms with E-state index in [1.165, 1.54) is 38.8 Å². The second-order valence-corrected chi connectivity index (χ2v) is 4.98. The highest BCUT2D eigenvalue weighted by atomic mass is 15.1. The summed E-state index contributed by atoms with van der Waals surface area (Å²) in [6.07, 6.45) is 5.76. The first-order chi connectivity index (χ1) is 7.12. The lowest BCUT2D eigenvalue weighted by molar-refractivity contribution is 0.222. The normalized spacial score (nSPS) is 18.1. The van der Waals surface area contributed by atoms with E-state index in [9.17, 15) is 0 Å². The largest absolute Gasteiger partial charge is 0.388 e. The molecule has 1 aliphatic rings. The van der Waals surface area contributed by atoms with Gasteiger partial charge in [-0.15, -0.1) is 0 Å². The molecule has 88 valence electrons. The van der Waals surface area contributed by atoms with Crippen molar-refractivity contribution >= 4 is 5.84 Å². The van der Waals surface area contributed by atoms with Crippen LogP contribution in [0.4, 0.5) is 0 Å². The summed E-state index contributed by atoms with van der Waals surface area (Å²) in [6.45, 7) is 7.98. The average molecular weight is 211 g/mol. The van der Waals surface area contributed by atoms with Gasteiger partial charge in [0.1, 0.15) is 0 Å².